The highest BCUT2D eigenvalue weighted by atomic mass is 79.9. The van der Waals surface area contributed by atoms with Crippen LogP contribution in [0, 0.1) is 0 Å². The topological polar surface area (TPSA) is 61.4 Å². The molecule has 17 heavy (non-hydrogen) atoms. The normalized spacial score (nSPS) is 11.9. The van der Waals surface area contributed by atoms with E-state index in [9.17, 15) is 9.90 Å². The Bertz CT molecular complexity index is 371. The minimum atomic E-state index is -0.346. The lowest BCUT2D eigenvalue weighted by atomic mass is 10.2. The van der Waals surface area contributed by atoms with Crippen LogP contribution < -0.4 is 10.6 Å². The summed E-state index contributed by atoms with van der Waals surface area (Å²) in [6, 6.07) is 7.11. The van der Waals surface area contributed by atoms with Crippen molar-refractivity contribution >= 4 is 27.6 Å². The van der Waals surface area contributed by atoms with Gasteiger partial charge in [-0.3, -0.25) is 0 Å². The van der Waals surface area contributed by atoms with E-state index in [1.165, 1.54) is 0 Å². The molecule has 5 heteroatoms. The molecular formula is C12H17BrN2O2. The molecule has 1 atom stereocenters. The predicted molar refractivity (Wildman–Crippen MR) is 72.1 cm³/mol. The summed E-state index contributed by atoms with van der Waals surface area (Å²) in [7, 11) is 0. The van der Waals surface area contributed by atoms with Crippen molar-refractivity contribution in [2.24, 2.45) is 0 Å². The average Bonchev–Trinajstić information content (AvgIpc) is 2.28. The second-order valence-electron chi connectivity index (χ2n) is 3.74. The fourth-order valence-corrected chi connectivity index (χ4v) is 1.70. The van der Waals surface area contributed by atoms with Gasteiger partial charge in [0.1, 0.15) is 0 Å². The number of hydrogen-bond donors (Lipinski definition) is 3. The summed E-state index contributed by atoms with van der Waals surface area (Å²) in [4.78, 5) is 11.5. The van der Waals surface area contributed by atoms with Crippen molar-refractivity contribution in [1.29, 1.82) is 0 Å². The second-order valence-corrected chi connectivity index (χ2v) is 4.66. The molecule has 0 spiro atoms. The molecular weight excluding hydrogens is 284 g/mol. The number of urea groups is 1. The van der Waals surface area contributed by atoms with Gasteiger partial charge in [-0.1, -0.05) is 28.9 Å². The van der Waals surface area contributed by atoms with Crippen molar-refractivity contribution in [2.75, 3.05) is 11.9 Å². The van der Waals surface area contributed by atoms with Crippen LogP contribution in [-0.4, -0.2) is 23.8 Å². The highest BCUT2D eigenvalue weighted by Gasteiger charge is 2.03. The van der Waals surface area contributed by atoms with E-state index in [0.717, 1.165) is 10.2 Å². The third-order valence-electron chi connectivity index (χ3n) is 2.32. The van der Waals surface area contributed by atoms with Gasteiger partial charge in [0.15, 0.2) is 0 Å². The van der Waals surface area contributed by atoms with Crippen molar-refractivity contribution in [3.63, 3.8) is 0 Å². The van der Waals surface area contributed by atoms with Crippen molar-refractivity contribution in [3.8, 4) is 0 Å². The molecule has 0 heterocycles. The Kier molecular flexibility index (Phi) is 6.00. The van der Waals surface area contributed by atoms with Crippen molar-refractivity contribution in [3.05, 3.63) is 28.7 Å². The number of amides is 2. The van der Waals surface area contributed by atoms with Gasteiger partial charge in [-0.25, -0.2) is 4.79 Å². The van der Waals surface area contributed by atoms with Gasteiger partial charge in [-0.05, 0) is 31.0 Å². The first-order valence-electron chi connectivity index (χ1n) is 5.60. The van der Waals surface area contributed by atoms with E-state index in [1.807, 2.05) is 31.2 Å². The molecule has 0 aliphatic rings. The molecule has 0 saturated carbocycles. The molecule has 0 saturated heterocycles. The minimum Gasteiger partial charge on any atom is -0.393 e. The fraction of sp³-hybridized carbons (Fsp3) is 0.417. The molecule has 0 aliphatic carbocycles. The quantitative estimate of drug-likeness (QED) is 0.783. The van der Waals surface area contributed by atoms with Gasteiger partial charge in [-0.15, -0.1) is 0 Å². The molecule has 94 valence electrons. The zero-order chi connectivity index (χ0) is 12.7. The lowest BCUT2D eigenvalue weighted by Crippen LogP contribution is -2.31. The highest BCUT2D eigenvalue weighted by Crippen LogP contribution is 2.15. The number of benzene rings is 1. The first-order valence-corrected chi connectivity index (χ1v) is 6.39. The molecule has 0 radical (unpaired) electrons. The number of anilines is 1. The average molecular weight is 301 g/mol. The van der Waals surface area contributed by atoms with Gasteiger partial charge in [0.25, 0.3) is 0 Å². The second kappa shape index (κ2) is 7.29. The largest absolute Gasteiger partial charge is 0.393 e. The Morgan fingerprint density at radius 1 is 1.53 bits per heavy atom. The summed E-state index contributed by atoms with van der Waals surface area (Å²) in [5.74, 6) is 0. The van der Waals surface area contributed by atoms with E-state index in [0.29, 0.717) is 19.4 Å². The summed E-state index contributed by atoms with van der Waals surface area (Å²) >= 11 is 3.33. The van der Waals surface area contributed by atoms with Gasteiger partial charge in [0.05, 0.1) is 6.10 Å². The van der Waals surface area contributed by atoms with E-state index in [1.54, 1.807) is 0 Å². The number of halogens is 1. The highest BCUT2D eigenvalue weighted by molar-refractivity contribution is 9.10. The molecule has 0 aromatic heterocycles. The third-order valence-corrected chi connectivity index (χ3v) is 2.81. The van der Waals surface area contributed by atoms with Crippen molar-refractivity contribution < 1.29 is 9.90 Å². The van der Waals surface area contributed by atoms with Crippen LogP contribution in [0.25, 0.3) is 0 Å². The summed E-state index contributed by atoms with van der Waals surface area (Å²) in [6.45, 7) is 2.38. The van der Waals surface area contributed by atoms with Crippen molar-refractivity contribution in [1.82, 2.24) is 5.32 Å². The maximum Gasteiger partial charge on any atom is 0.319 e. The summed E-state index contributed by atoms with van der Waals surface area (Å²) < 4.78 is 0.914. The number of aliphatic hydroxyl groups excluding tert-OH is 1. The Morgan fingerprint density at radius 2 is 2.29 bits per heavy atom. The fourth-order valence-electron chi connectivity index (χ4n) is 1.30. The van der Waals surface area contributed by atoms with Gasteiger partial charge in [-0.2, -0.15) is 0 Å². The molecule has 0 bridgehead atoms. The molecule has 3 N–H and O–H groups in total. The van der Waals surface area contributed by atoms with E-state index in [-0.39, 0.29) is 12.1 Å². The van der Waals surface area contributed by atoms with Crippen LogP contribution >= 0.6 is 15.9 Å². The van der Waals surface area contributed by atoms with Gasteiger partial charge >= 0.3 is 6.03 Å². The zero-order valence-electron chi connectivity index (χ0n) is 9.74. The molecule has 0 fully saturated rings. The Hall–Kier alpha value is -1.07. The summed E-state index contributed by atoms with van der Waals surface area (Å²) in [5, 5.41) is 14.7. The van der Waals surface area contributed by atoms with Crippen LogP contribution in [0.5, 0.6) is 0 Å². The predicted octanol–water partition coefficient (Wildman–Crippen LogP) is 2.73. The molecule has 4 nitrogen and oxygen atoms in total. The van der Waals surface area contributed by atoms with Gasteiger partial charge in [0, 0.05) is 16.7 Å². The molecule has 1 rings (SSSR count). The summed E-state index contributed by atoms with van der Waals surface area (Å²) in [6.07, 6.45) is 0.929. The maximum atomic E-state index is 11.5. The Labute approximate surface area is 110 Å². The monoisotopic (exact) mass is 300 g/mol. The molecule has 2 amide bonds. The molecule has 0 aliphatic heterocycles. The molecule has 1 aromatic carbocycles. The third kappa shape index (κ3) is 5.70. The van der Waals surface area contributed by atoms with Crippen molar-refractivity contribution in [2.45, 2.75) is 25.9 Å². The minimum absolute atomic E-state index is 0.258. The summed E-state index contributed by atoms with van der Waals surface area (Å²) in [5.41, 5.74) is 0.730. The number of rotatable bonds is 5. The van der Waals surface area contributed by atoms with Crippen LogP contribution in [0.3, 0.4) is 0 Å². The van der Waals surface area contributed by atoms with Gasteiger partial charge < -0.3 is 15.7 Å². The first-order chi connectivity index (χ1) is 8.11. The molecule has 1 aromatic rings. The molecule has 1 unspecified atom stereocenters. The van der Waals surface area contributed by atoms with E-state index in [4.69, 9.17) is 0 Å². The van der Waals surface area contributed by atoms with Crippen LogP contribution in [0.1, 0.15) is 19.8 Å². The number of nitrogens with one attached hydrogen (secondary N) is 2. The lowest BCUT2D eigenvalue weighted by Gasteiger charge is -2.10. The van der Waals surface area contributed by atoms with Crippen LogP contribution in [-0.2, 0) is 0 Å². The number of hydrogen-bond acceptors (Lipinski definition) is 2. The number of carbonyl (C=O) groups excluding carboxylic acids is 1. The number of carbonyl (C=O) groups is 1. The van der Waals surface area contributed by atoms with E-state index in [2.05, 4.69) is 26.6 Å². The maximum absolute atomic E-state index is 11.5. The van der Waals surface area contributed by atoms with Crippen LogP contribution in [0.2, 0.25) is 0 Å². The lowest BCUT2D eigenvalue weighted by molar-refractivity contribution is 0.160. The first kappa shape index (κ1) is 14.0. The van der Waals surface area contributed by atoms with Crippen LogP contribution in [0.4, 0.5) is 10.5 Å². The van der Waals surface area contributed by atoms with E-state index >= 15 is 0 Å². The Morgan fingerprint density at radius 3 is 2.94 bits per heavy atom. The van der Waals surface area contributed by atoms with Gasteiger partial charge in [0.2, 0.25) is 0 Å². The Balaban J connectivity index is 2.30. The van der Waals surface area contributed by atoms with E-state index < -0.39 is 0 Å². The smallest absolute Gasteiger partial charge is 0.319 e. The standard InChI is InChI=1S/C12H17BrN2O2/c1-2-11(16)6-7-14-12(17)15-10-5-3-4-9(13)8-10/h3-5,8,11,16H,2,6-7H2,1H3,(H2,14,15,17). The van der Waals surface area contributed by atoms with Crippen LogP contribution in [0.15, 0.2) is 28.7 Å². The number of aliphatic hydroxyl groups is 1. The zero-order valence-corrected chi connectivity index (χ0v) is 11.3. The SMILES string of the molecule is CCC(O)CCNC(=O)Nc1cccc(Br)c1.